The Bertz CT molecular complexity index is 494. The molecule has 0 aliphatic rings. The molecule has 0 saturated heterocycles. The average molecular weight is 361 g/mol. The lowest BCUT2D eigenvalue weighted by atomic mass is 10.2. The van der Waals surface area contributed by atoms with E-state index in [1.807, 2.05) is 58.9 Å². The van der Waals surface area contributed by atoms with Crippen molar-refractivity contribution in [2.45, 2.75) is 54.9 Å². The Morgan fingerprint density at radius 2 is 1.19 bits per heavy atom. The Balaban J connectivity index is 0. The Morgan fingerprint density at radius 1 is 0.769 bits per heavy atom. The minimum atomic E-state index is 0.216. The minimum absolute atomic E-state index is 0.216. The molecule has 3 N–H and O–H groups in total. The van der Waals surface area contributed by atoms with E-state index in [1.165, 1.54) is 16.8 Å². The van der Waals surface area contributed by atoms with Gasteiger partial charge in [0, 0.05) is 24.5 Å². The van der Waals surface area contributed by atoms with E-state index >= 15 is 0 Å². The fourth-order valence-corrected chi connectivity index (χ4v) is 2.08. The van der Waals surface area contributed by atoms with Gasteiger partial charge in [-0.2, -0.15) is 0 Å². The number of benzene rings is 2. The van der Waals surface area contributed by atoms with Crippen LogP contribution in [0.3, 0.4) is 0 Å². The van der Waals surface area contributed by atoms with Gasteiger partial charge in [0.05, 0.1) is 6.61 Å². The topological polar surface area (TPSA) is 49.5 Å². The first kappa shape index (κ1) is 26.2. The first-order chi connectivity index (χ1) is 12.6. The zero-order valence-corrected chi connectivity index (χ0v) is 17.9. The van der Waals surface area contributed by atoms with Crippen molar-refractivity contribution in [1.82, 2.24) is 0 Å². The van der Waals surface area contributed by atoms with Gasteiger partial charge >= 0.3 is 0 Å². The molecular weight excluding hydrogens is 320 g/mol. The van der Waals surface area contributed by atoms with Gasteiger partial charge in [0.2, 0.25) is 0 Å². The van der Waals surface area contributed by atoms with Gasteiger partial charge in [-0.15, -0.1) is 0 Å². The van der Waals surface area contributed by atoms with E-state index in [0.717, 1.165) is 25.2 Å². The number of aliphatic hydroxyl groups excluding tert-OH is 1. The third kappa shape index (κ3) is 12.4. The predicted molar refractivity (Wildman–Crippen MR) is 119 cm³/mol. The Hall–Kier alpha value is -2.00. The summed E-state index contributed by atoms with van der Waals surface area (Å²) in [6, 6.07) is 16.2. The van der Waals surface area contributed by atoms with Crippen LogP contribution in [0.2, 0.25) is 0 Å². The highest BCUT2D eigenvalue weighted by Crippen LogP contribution is 2.14. The van der Waals surface area contributed by atoms with E-state index in [0.29, 0.717) is 0 Å². The molecule has 0 aliphatic carbocycles. The monoisotopic (exact) mass is 360 g/mol. The lowest BCUT2D eigenvalue weighted by Crippen LogP contribution is -2.27. The van der Waals surface area contributed by atoms with Gasteiger partial charge in [-0.05, 0) is 44.5 Å². The van der Waals surface area contributed by atoms with E-state index in [9.17, 15) is 0 Å². The summed E-state index contributed by atoms with van der Waals surface area (Å²) in [5.41, 5.74) is 9.98. The van der Waals surface area contributed by atoms with Crippen LogP contribution in [0.15, 0.2) is 48.5 Å². The zero-order chi connectivity index (χ0) is 20.4. The molecule has 0 fully saturated rings. The van der Waals surface area contributed by atoms with Crippen molar-refractivity contribution in [3.05, 3.63) is 59.7 Å². The van der Waals surface area contributed by atoms with E-state index in [-0.39, 0.29) is 6.61 Å². The summed E-state index contributed by atoms with van der Waals surface area (Å²) in [4.78, 5) is 2.21. The molecule has 3 nitrogen and oxygen atoms in total. The van der Waals surface area contributed by atoms with Crippen molar-refractivity contribution in [2.75, 3.05) is 30.3 Å². The predicted octanol–water partition coefficient (Wildman–Crippen LogP) is 5.83. The first-order valence-electron chi connectivity index (χ1n) is 9.81. The number of nitrogens with two attached hydrogens (primary N) is 1. The molecule has 0 unspecified atom stereocenters. The molecule has 2 aromatic carbocycles. The molecule has 2 aromatic rings. The summed E-state index contributed by atoms with van der Waals surface area (Å²) in [5.74, 6) is 0. The molecule has 0 atom stereocenters. The van der Waals surface area contributed by atoms with Crippen LogP contribution < -0.4 is 10.6 Å². The highest BCUT2D eigenvalue weighted by atomic mass is 16.3. The van der Waals surface area contributed by atoms with Crippen LogP contribution in [0.4, 0.5) is 11.4 Å². The summed E-state index contributed by atoms with van der Waals surface area (Å²) in [6.45, 7) is 16.2. The smallest absolute Gasteiger partial charge is 0.0606 e. The molecule has 0 bridgehead atoms. The van der Waals surface area contributed by atoms with Gasteiger partial charge in [-0.1, -0.05) is 70.0 Å². The fraction of sp³-hybridized carbons (Fsp3) is 0.478. The molecule has 148 valence electrons. The number of hydrogen-bond acceptors (Lipinski definition) is 3. The maximum atomic E-state index is 8.94. The number of nitrogens with zero attached hydrogens (tertiary/aromatic N) is 1. The number of rotatable bonds is 5. The number of anilines is 2. The third-order valence-corrected chi connectivity index (χ3v) is 3.34. The van der Waals surface area contributed by atoms with Crippen LogP contribution in [0, 0.1) is 13.8 Å². The quantitative estimate of drug-likeness (QED) is 0.659. The Morgan fingerprint density at radius 3 is 1.54 bits per heavy atom. The number of nitrogen functional groups attached to an aromatic ring is 1. The SMILES string of the molecule is CC.CC.CCCN(CCO)c1ccc(C)cc1.Cc1ccc(N)cc1. The number of hydrogen-bond donors (Lipinski definition) is 2. The summed E-state index contributed by atoms with van der Waals surface area (Å²) < 4.78 is 0. The van der Waals surface area contributed by atoms with Crippen molar-refractivity contribution in [3.8, 4) is 0 Å². The summed E-state index contributed by atoms with van der Waals surface area (Å²) in [5, 5.41) is 8.94. The lowest BCUT2D eigenvalue weighted by Gasteiger charge is -2.23. The molecule has 0 spiro atoms. The number of aryl methyl sites for hydroxylation is 2. The first-order valence-corrected chi connectivity index (χ1v) is 9.81. The summed E-state index contributed by atoms with van der Waals surface area (Å²) in [7, 11) is 0. The fourth-order valence-electron chi connectivity index (χ4n) is 2.08. The van der Waals surface area contributed by atoms with Crippen molar-refractivity contribution in [1.29, 1.82) is 0 Å². The molecule has 0 amide bonds. The standard InChI is InChI=1S/C12H19NO.C7H9N.2C2H6/c1-3-8-13(9-10-14)12-6-4-11(2)5-7-12;1-6-2-4-7(8)5-3-6;2*1-2/h4-7,14H,3,8-10H2,1-2H3;2-5H,8H2,1H3;2*1-2H3. The number of aliphatic hydroxyl groups is 1. The van der Waals surface area contributed by atoms with E-state index in [2.05, 4.69) is 43.0 Å². The largest absolute Gasteiger partial charge is 0.399 e. The normalized spacial score (nSPS) is 8.77. The van der Waals surface area contributed by atoms with Crippen molar-refractivity contribution in [2.24, 2.45) is 0 Å². The summed E-state index contributed by atoms with van der Waals surface area (Å²) in [6.07, 6.45) is 1.11. The van der Waals surface area contributed by atoms with Crippen molar-refractivity contribution in [3.63, 3.8) is 0 Å². The van der Waals surface area contributed by atoms with Crippen LogP contribution in [0.1, 0.15) is 52.2 Å². The second kappa shape index (κ2) is 17.8. The second-order valence-corrected chi connectivity index (χ2v) is 5.46. The van der Waals surface area contributed by atoms with Crippen molar-refractivity contribution >= 4 is 11.4 Å². The lowest BCUT2D eigenvalue weighted by molar-refractivity contribution is 0.302. The van der Waals surface area contributed by atoms with Gasteiger partial charge in [0.15, 0.2) is 0 Å². The average Bonchev–Trinajstić information content (AvgIpc) is 2.68. The summed E-state index contributed by atoms with van der Waals surface area (Å²) >= 11 is 0. The van der Waals surface area contributed by atoms with Crippen LogP contribution >= 0.6 is 0 Å². The highest BCUT2D eigenvalue weighted by Gasteiger charge is 2.03. The molecule has 3 heteroatoms. The molecule has 2 rings (SSSR count). The zero-order valence-electron chi connectivity index (χ0n) is 17.9. The Kier molecular flexibility index (Phi) is 18.0. The molecule has 0 saturated carbocycles. The second-order valence-electron chi connectivity index (χ2n) is 5.46. The van der Waals surface area contributed by atoms with Gasteiger partial charge in [0.25, 0.3) is 0 Å². The van der Waals surface area contributed by atoms with Gasteiger partial charge < -0.3 is 15.7 Å². The van der Waals surface area contributed by atoms with E-state index < -0.39 is 0 Å². The molecule has 26 heavy (non-hydrogen) atoms. The van der Waals surface area contributed by atoms with Crippen molar-refractivity contribution < 1.29 is 5.11 Å². The highest BCUT2D eigenvalue weighted by molar-refractivity contribution is 5.47. The molecular formula is C23H40N2O. The minimum Gasteiger partial charge on any atom is -0.399 e. The molecule has 0 aliphatic heterocycles. The van der Waals surface area contributed by atoms with Gasteiger partial charge in [-0.3, -0.25) is 0 Å². The van der Waals surface area contributed by atoms with Crippen LogP contribution in [0.5, 0.6) is 0 Å². The molecule has 0 aromatic heterocycles. The van der Waals surface area contributed by atoms with E-state index in [4.69, 9.17) is 10.8 Å². The van der Waals surface area contributed by atoms with Gasteiger partial charge in [0.1, 0.15) is 0 Å². The third-order valence-electron chi connectivity index (χ3n) is 3.34. The molecule has 0 radical (unpaired) electrons. The van der Waals surface area contributed by atoms with E-state index in [1.54, 1.807) is 0 Å². The Labute approximate surface area is 161 Å². The maximum Gasteiger partial charge on any atom is 0.0606 e. The molecule has 0 heterocycles. The van der Waals surface area contributed by atoms with Crippen LogP contribution in [0.25, 0.3) is 0 Å². The van der Waals surface area contributed by atoms with Crippen LogP contribution in [-0.4, -0.2) is 24.8 Å². The van der Waals surface area contributed by atoms with Gasteiger partial charge in [-0.25, -0.2) is 0 Å². The van der Waals surface area contributed by atoms with Crippen LogP contribution in [-0.2, 0) is 0 Å². The maximum absolute atomic E-state index is 8.94.